The van der Waals surface area contributed by atoms with E-state index in [4.69, 9.17) is 14.6 Å². The lowest BCUT2D eigenvalue weighted by atomic mass is 9.88. The summed E-state index contributed by atoms with van der Waals surface area (Å²) in [6, 6.07) is 5.90. The van der Waals surface area contributed by atoms with Crippen molar-refractivity contribution >= 4 is 0 Å². The molecule has 0 heterocycles. The summed E-state index contributed by atoms with van der Waals surface area (Å²) < 4.78 is 11.4. The Balaban J connectivity index is 2.02. The molecule has 0 spiro atoms. The van der Waals surface area contributed by atoms with Crippen LogP contribution in [0, 0.1) is 17.8 Å². The number of methoxy groups -OCH3 is 1. The molecular weight excluding hydrogens is 264 g/mol. The van der Waals surface area contributed by atoms with E-state index in [2.05, 4.69) is 18.8 Å². The van der Waals surface area contributed by atoms with Crippen molar-refractivity contribution in [3.8, 4) is 17.6 Å². The van der Waals surface area contributed by atoms with Crippen LogP contribution in [0.1, 0.15) is 43.7 Å². The van der Waals surface area contributed by atoms with Crippen LogP contribution in [0.4, 0.5) is 0 Å². The van der Waals surface area contributed by atoms with Gasteiger partial charge in [-0.1, -0.05) is 37.7 Å². The van der Waals surface area contributed by atoms with E-state index in [0.717, 1.165) is 23.3 Å². The fraction of sp³-hybridized carbons (Fsp3) is 0.556. The molecule has 1 aromatic carbocycles. The van der Waals surface area contributed by atoms with Gasteiger partial charge in [0, 0.05) is 0 Å². The first-order chi connectivity index (χ1) is 10.2. The Morgan fingerprint density at radius 2 is 2.10 bits per heavy atom. The van der Waals surface area contributed by atoms with Gasteiger partial charge in [-0.2, -0.15) is 0 Å². The van der Waals surface area contributed by atoms with Crippen molar-refractivity contribution in [2.24, 2.45) is 5.92 Å². The molecule has 3 heteroatoms. The fourth-order valence-electron chi connectivity index (χ4n) is 2.81. The maximum Gasteiger partial charge on any atom is 0.134 e. The zero-order valence-corrected chi connectivity index (χ0v) is 12.9. The third-order valence-corrected chi connectivity index (χ3v) is 4.06. The van der Waals surface area contributed by atoms with E-state index >= 15 is 0 Å². The van der Waals surface area contributed by atoms with Gasteiger partial charge in [0.15, 0.2) is 0 Å². The van der Waals surface area contributed by atoms with Gasteiger partial charge in [-0.3, -0.25) is 0 Å². The topological polar surface area (TPSA) is 38.7 Å². The van der Waals surface area contributed by atoms with Crippen LogP contribution in [0.15, 0.2) is 18.2 Å². The normalized spacial score (nSPS) is 21.5. The predicted octanol–water partition coefficient (Wildman–Crippen LogP) is 3.13. The fourth-order valence-corrected chi connectivity index (χ4v) is 2.81. The number of aliphatic hydroxyl groups is 1. The van der Waals surface area contributed by atoms with Crippen molar-refractivity contribution in [2.45, 2.75) is 45.3 Å². The average Bonchev–Trinajstić information content (AvgIpc) is 2.52. The van der Waals surface area contributed by atoms with Gasteiger partial charge >= 0.3 is 0 Å². The van der Waals surface area contributed by atoms with E-state index in [0.29, 0.717) is 18.6 Å². The molecule has 114 valence electrons. The zero-order chi connectivity index (χ0) is 15.1. The SMILES string of the molecule is COc1ccc(COC2CCCCC2C)cc1C#CCO. The Labute approximate surface area is 127 Å². The molecule has 3 nitrogen and oxygen atoms in total. The number of ether oxygens (including phenoxy) is 2. The molecule has 0 aliphatic heterocycles. The number of hydrogen-bond acceptors (Lipinski definition) is 3. The Kier molecular flexibility index (Phi) is 6.10. The van der Waals surface area contributed by atoms with Gasteiger partial charge in [0.05, 0.1) is 25.4 Å². The molecule has 0 amide bonds. The van der Waals surface area contributed by atoms with Gasteiger partial charge in [0.25, 0.3) is 0 Å². The molecule has 21 heavy (non-hydrogen) atoms. The third kappa shape index (κ3) is 4.49. The molecule has 0 aromatic heterocycles. The average molecular weight is 288 g/mol. The maximum absolute atomic E-state index is 8.82. The quantitative estimate of drug-likeness (QED) is 0.865. The summed E-state index contributed by atoms with van der Waals surface area (Å²) in [5.74, 6) is 6.96. The molecule has 1 N–H and O–H groups in total. The van der Waals surface area contributed by atoms with Gasteiger partial charge in [-0.25, -0.2) is 0 Å². The minimum Gasteiger partial charge on any atom is -0.495 e. The maximum atomic E-state index is 8.82. The highest BCUT2D eigenvalue weighted by Gasteiger charge is 2.21. The second-order valence-corrected chi connectivity index (χ2v) is 5.61. The first kappa shape index (κ1) is 15.9. The lowest BCUT2D eigenvalue weighted by Gasteiger charge is -2.28. The predicted molar refractivity (Wildman–Crippen MR) is 83.2 cm³/mol. The van der Waals surface area contributed by atoms with Crippen molar-refractivity contribution in [1.82, 2.24) is 0 Å². The van der Waals surface area contributed by atoms with Crippen molar-refractivity contribution < 1.29 is 14.6 Å². The molecule has 0 radical (unpaired) electrons. The smallest absolute Gasteiger partial charge is 0.134 e. The van der Waals surface area contributed by atoms with Crippen molar-refractivity contribution in [3.05, 3.63) is 29.3 Å². The van der Waals surface area contributed by atoms with Gasteiger partial charge in [-0.05, 0) is 36.5 Å². The highest BCUT2D eigenvalue weighted by molar-refractivity contribution is 5.48. The molecule has 2 atom stereocenters. The van der Waals surface area contributed by atoms with Crippen LogP contribution in [0.25, 0.3) is 0 Å². The molecule has 1 aromatic rings. The summed E-state index contributed by atoms with van der Waals surface area (Å²) in [5, 5.41) is 8.82. The van der Waals surface area contributed by atoms with Crippen molar-refractivity contribution in [2.75, 3.05) is 13.7 Å². The summed E-state index contributed by atoms with van der Waals surface area (Å²) in [5.41, 5.74) is 1.89. The molecule has 2 unspecified atom stereocenters. The Morgan fingerprint density at radius 1 is 1.29 bits per heavy atom. The first-order valence-electron chi connectivity index (χ1n) is 7.63. The van der Waals surface area contributed by atoms with Crippen LogP contribution >= 0.6 is 0 Å². The van der Waals surface area contributed by atoms with Crippen LogP contribution in [0.2, 0.25) is 0 Å². The number of benzene rings is 1. The summed E-state index contributed by atoms with van der Waals surface area (Å²) >= 11 is 0. The molecule has 2 rings (SSSR count). The molecule has 1 aliphatic carbocycles. The lowest BCUT2D eigenvalue weighted by molar-refractivity contribution is -0.0154. The van der Waals surface area contributed by atoms with E-state index in [1.54, 1.807) is 7.11 Å². The van der Waals surface area contributed by atoms with Crippen LogP contribution in [0.5, 0.6) is 5.75 Å². The molecular formula is C18H24O3. The summed E-state index contributed by atoms with van der Waals surface area (Å²) in [4.78, 5) is 0. The van der Waals surface area contributed by atoms with Gasteiger partial charge in [-0.15, -0.1) is 0 Å². The standard InChI is InChI=1S/C18H24O3/c1-14-6-3-4-8-17(14)21-13-15-9-10-18(20-2)16(12-15)7-5-11-19/h9-10,12,14,17,19H,3-4,6,8,11,13H2,1-2H3. The number of aliphatic hydroxyl groups excluding tert-OH is 1. The zero-order valence-electron chi connectivity index (χ0n) is 12.9. The number of hydrogen-bond donors (Lipinski definition) is 1. The van der Waals surface area contributed by atoms with Crippen LogP contribution in [-0.2, 0) is 11.3 Å². The van der Waals surface area contributed by atoms with Crippen LogP contribution < -0.4 is 4.74 Å². The Morgan fingerprint density at radius 3 is 2.81 bits per heavy atom. The van der Waals surface area contributed by atoms with E-state index in [-0.39, 0.29) is 6.61 Å². The highest BCUT2D eigenvalue weighted by atomic mass is 16.5. The molecule has 1 aliphatic rings. The molecule has 1 fully saturated rings. The monoisotopic (exact) mass is 288 g/mol. The minimum absolute atomic E-state index is 0.149. The van der Waals surface area contributed by atoms with E-state index < -0.39 is 0 Å². The lowest BCUT2D eigenvalue weighted by Crippen LogP contribution is -2.25. The third-order valence-electron chi connectivity index (χ3n) is 4.06. The first-order valence-corrected chi connectivity index (χ1v) is 7.63. The van der Waals surface area contributed by atoms with E-state index in [1.165, 1.54) is 19.3 Å². The number of rotatable bonds is 4. The van der Waals surface area contributed by atoms with E-state index in [1.807, 2.05) is 18.2 Å². The molecule has 0 bridgehead atoms. The minimum atomic E-state index is -0.149. The second kappa shape index (κ2) is 8.07. The van der Waals surface area contributed by atoms with Crippen molar-refractivity contribution in [3.63, 3.8) is 0 Å². The van der Waals surface area contributed by atoms with E-state index in [9.17, 15) is 0 Å². The second-order valence-electron chi connectivity index (χ2n) is 5.61. The van der Waals surface area contributed by atoms with Crippen LogP contribution in [-0.4, -0.2) is 24.9 Å². The highest BCUT2D eigenvalue weighted by Crippen LogP contribution is 2.27. The van der Waals surface area contributed by atoms with Gasteiger partial charge in [0.2, 0.25) is 0 Å². The van der Waals surface area contributed by atoms with Crippen LogP contribution in [0.3, 0.4) is 0 Å². The summed E-state index contributed by atoms with van der Waals surface area (Å²) in [7, 11) is 1.62. The van der Waals surface area contributed by atoms with Gasteiger partial charge in [0.1, 0.15) is 12.4 Å². The summed E-state index contributed by atoms with van der Waals surface area (Å²) in [6.07, 6.45) is 5.39. The summed E-state index contributed by atoms with van der Waals surface area (Å²) in [6.45, 7) is 2.73. The molecule has 0 saturated heterocycles. The Hall–Kier alpha value is -1.50. The van der Waals surface area contributed by atoms with Crippen molar-refractivity contribution in [1.29, 1.82) is 0 Å². The largest absolute Gasteiger partial charge is 0.495 e. The van der Waals surface area contributed by atoms with Gasteiger partial charge < -0.3 is 14.6 Å². The Bertz CT molecular complexity index is 513. The molecule has 1 saturated carbocycles.